The lowest BCUT2D eigenvalue weighted by molar-refractivity contribution is 0.203. The highest BCUT2D eigenvalue weighted by Gasteiger charge is 2.19. The minimum Gasteiger partial charge on any atom is -0.361 e. The Bertz CT molecular complexity index is 746. The summed E-state index contributed by atoms with van der Waals surface area (Å²) in [6.45, 7) is 6.56. The first-order chi connectivity index (χ1) is 13.2. The summed E-state index contributed by atoms with van der Waals surface area (Å²) in [5.74, 6) is 0.659. The quantitative estimate of drug-likeness (QED) is 0.516. The van der Waals surface area contributed by atoms with Crippen molar-refractivity contribution < 1.29 is 4.39 Å². The highest BCUT2D eigenvalue weighted by atomic mass is 19.1. The Morgan fingerprint density at radius 2 is 2.15 bits per heavy atom. The van der Waals surface area contributed by atoms with Gasteiger partial charge in [0.1, 0.15) is 5.82 Å². The summed E-state index contributed by atoms with van der Waals surface area (Å²) in [7, 11) is 1.81. The van der Waals surface area contributed by atoms with Crippen molar-refractivity contribution in [2.24, 2.45) is 4.99 Å². The average Bonchev–Trinajstić information content (AvgIpc) is 3.08. The molecule has 0 atom stereocenters. The lowest BCUT2D eigenvalue weighted by Gasteiger charge is -2.33. The lowest BCUT2D eigenvalue weighted by Crippen LogP contribution is -2.49. The number of aliphatic imine (C=N–C) groups is 1. The number of unbranched alkanes of at least 4 members (excludes halogenated alkanes) is 1. The van der Waals surface area contributed by atoms with Gasteiger partial charge in [0.15, 0.2) is 5.96 Å². The second kappa shape index (κ2) is 9.74. The highest BCUT2D eigenvalue weighted by molar-refractivity contribution is 5.83. The van der Waals surface area contributed by atoms with E-state index in [4.69, 9.17) is 0 Å². The number of aromatic nitrogens is 1. The molecule has 2 heterocycles. The van der Waals surface area contributed by atoms with Crippen LogP contribution in [0.5, 0.6) is 0 Å². The summed E-state index contributed by atoms with van der Waals surface area (Å²) in [5.41, 5.74) is 2.10. The van der Waals surface area contributed by atoms with Gasteiger partial charge in [-0.15, -0.1) is 0 Å². The number of nitrogens with one attached hydrogen (secondary N) is 3. The minimum atomic E-state index is -0.195. The Kier molecular flexibility index (Phi) is 7.10. The van der Waals surface area contributed by atoms with Crippen molar-refractivity contribution in [3.8, 4) is 0 Å². The molecule has 6 heteroatoms. The molecule has 1 fully saturated rings. The Morgan fingerprint density at radius 1 is 1.33 bits per heavy atom. The topological polar surface area (TPSA) is 55.4 Å². The van der Waals surface area contributed by atoms with Crippen molar-refractivity contribution in [3.63, 3.8) is 0 Å². The largest absolute Gasteiger partial charge is 0.361 e. The van der Waals surface area contributed by atoms with Crippen molar-refractivity contribution in [1.82, 2.24) is 20.5 Å². The van der Waals surface area contributed by atoms with Gasteiger partial charge in [-0.1, -0.05) is 13.3 Å². The summed E-state index contributed by atoms with van der Waals surface area (Å²) in [6.07, 6.45) is 7.66. The van der Waals surface area contributed by atoms with Crippen molar-refractivity contribution in [1.29, 1.82) is 0 Å². The molecule has 0 unspecified atom stereocenters. The zero-order valence-electron chi connectivity index (χ0n) is 16.5. The molecule has 0 radical (unpaired) electrons. The van der Waals surface area contributed by atoms with Gasteiger partial charge in [0.2, 0.25) is 0 Å². The van der Waals surface area contributed by atoms with Crippen molar-refractivity contribution in [2.75, 3.05) is 33.2 Å². The predicted octanol–water partition coefficient (Wildman–Crippen LogP) is 3.28. The molecule has 0 aliphatic carbocycles. The molecular weight excluding hydrogens is 341 g/mol. The fraction of sp³-hybridized carbons (Fsp3) is 0.571. The molecule has 0 bridgehead atoms. The maximum Gasteiger partial charge on any atom is 0.191 e. The first-order valence-electron chi connectivity index (χ1n) is 10.1. The zero-order valence-corrected chi connectivity index (χ0v) is 16.5. The number of hydrogen-bond acceptors (Lipinski definition) is 2. The van der Waals surface area contributed by atoms with E-state index in [2.05, 4.69) is 32.4 Å². The van der Waals surface area contributed by atoms with Gasteiger partial charge in [-0.2, -0.15) is 0 Å². The standard InChI is InChI=1S/C21H32FN5/c1-3-4-11-27-12-8-18(9-13-27)26-21(23-2)24-10-7-16-15-25-20-6-5-17(22)14-19(16)20/h5-6,14-15,18,25H,3-4,7-13H2,1-2H3,(H2,23,24,26). The average molecular weight is 374 g/mol. The molecule has 2 aromatic rings. The van der Waals surface area contributed by atoms with Crippen molar-refractivity contribution in [2.45, 2.75) is 45.1 Å². The summed E-state index contributed by atoms with van der Waals surface area (Å²) in [5, 5.41) is 7.91. The second-order valence-electron chi connectivity index (χ2n) is 7.37. The number of halogens is 1. The molecule has 3 N–H and O–H groups in total. The molecule has 0 amide bonds. The van der Waals surface area contributed by atoms with Crippen LogP contribution in [-0.2, 0) is 6.42 Å². The molecule has 1 saturated heterocycles. The SMILES string of the molecule is CCCCN1CCC(NC(=NC)NCCc2c[nH]c3ccc(F)cc23)CC1. The number of guanidine groups is 1. The van der Waals surface area contributed by atoms with E-state index in [-0.39, 0.29) is 5.82 Å². The zero-order chi connectivity index (χ0) is 19.1. The first-order valence-corrected chi connectivity index (χ1v) is 10.1. The van der Waals surface area contributed by atoms with Gasteiger partial charge < -0.3 is 20.5 Å². The third-order valence-corrected chi connectivity index (χ3v) is 5.40. The van der Waals surface area contributed by atoms with E-state index in [1.54, 1.807) is 12.1 Å². The number of nitrogens with zero attached hydrogens (tertiary/aromatic N) is 2. The molecule has 1 aromatic carbocycles. The maximum atomic E-state index is 13.5. The Hall–Kier alpha value is -2.08. The number of fused-ring (bicyclic) bond motifs is 1. The summed E-state index contributed by atoms with van der Waals surface area (Å²) in [6, 6.07) is 5.35. The number of piperidine rings is 1. The fourth-order valence-corrected chi connectivity index (χ4v) is 3.74. The van der Waals surface area contributed by atoms with Crippen molar-refractivity contribution in [3.05, 3.63) is 35.8 Å². The van der Waals surface area contributed by atoms with Crippen LogP contribution < -0.4 is 10.6 Å². The van der Waals surface area contributed by atoms with Gasteiger partial charge in [-0.25, -0.2) is 4.39 Å². The number of rotatable bonds is 7. The molecule has 3 rings (SSSR count). The van der Waals surface area contributed by atoms with Crippen LogP contribution in [0.1, 0.15) is 38.2 Å². The van der Waals surface area contributed by atoms with Gasteiger partial charge in [-0.05, 0) is 56.0 Å². The fourth-order valence-electron chi connectivity index (χ4n) is 3.74. The van der Waals surface area contributed by atoms with Crippen LogP contribution in [0.3, 0.4) is 0 Å². The molecule has 1 aromatic heterocycles. The number of benzene rings is 1. The smallest absolute Gasteiger partial charge is 0.191 e. The van der Waals surface area contributed by atoms with Crippen molar-refractivity contribution >= 4 is 16.9 Å². The van der Waals surface area contributed by atoms with E-state index in [1.165, 1.54) is 25.5 Å². The van der Waals surface area contributed by atoms with Crippen LogP contribution in [-0.4, -0.2) is 55.1 Å². The van der Waals surface area contributed by atoms with Gasteiger partial charge >= 0.3 is 0 Å². The highest BCUT2D eigenvalue weighted by Crippen LogP contribution is 2.19. The van der Waals surface area contributed by atoms with E-state index in [0.29, 0.717) is 6.04 Å². The maximum absolute atomic E-state index is 13.5. The predicted molar refractivity (Wildman–Crippen MR) is 111 cm³/mol. The molecule has 148 valence electrons. The Morgan fingerprint density at radius 3 is 2.89 bits per heavy atom. The Balaban J connectivity index is 1.44. The summed E-state index contributed by atoms with van der Waals surface area (Å²) < 4.78 is 13.5. The van der Waals surface area contributed by atoms with Gasteiger partial charge in [0.25, 0.3) is 0 Å². The second-order valence-corrected chi connectivity index (χ2v) is 7.37. The monoisotopic (exact) mass is 373 g/mol. The number of hydrogen-bond donors (Lipinski definition) is 3. The Labute approximate surface area is 161 Å². The van der Waals surface area contributed by atoms with E-state index in [0.717, 1.165) is 61.3 Å². The van der Waals surface area contributed by atoms with Crippen LogP contribution in [0.15, 0.2) is 29.4 Å². The molecule has 5 nitrogen and oxygen atoms in total. The summed E-state index contributed by atoms with van der Waals surface area (Å²) >= 11 is 0. The van der Waals surface area contributed by atoms with E-state index in [1.807, 2.05) is 13.2 Å². The normalized spacial score (nSPS) is 16.8. The number of aromatic amines is 1. The van der Waals surface area contributed by atoms with Crippen LogP contribution in [0, 0.1) is 5.82 Å². The van der Waals surface area contributed by atoms with Crippen LogP contribution in [0.2, 0.25) is 0 Å². The number of H-pyrrole nitrogens is 1. The van der Waals surface area contributed by atoms with Gasteiger partial charge in [0, 0.05) is 49.8 Å². The van der Waals surface area contributed by atoms with E-state index >= 15 is 0 Å². The molecule has 1 aliphatic heterocycles. The van der Waals surface area contributed by atoms with Gasteiger partial charge in [-0.3, -0.25) is 4.99 Å². The first kappa shape index (κ1) is 19.7. The lowest BCUT2D eigenvalue weighted by atomic mass is 10.0. The third kappa shape index (κ3) is 5.45. The molecule has 27 heavy (non-hydrogen) atoms. The molecule has 0 spiro atoms. The van der Waals surface area contributed by atoms with Gasteiger partial charge in [0.05, 0.1) is 0 Å². The van der Waals surface area contributed by atoms with Crippen LogP contribution in [0.4, 0.5) is 4.39 Å². The van der Waals surface area contributed by atoms with E-state index in [9.17, 15) is 4.39 Å². The van der Waals surface area contributed by atoms with Crippen LogP contribution in [0.25, 0.3) is 10.9 Å². The number of likely N-dealkylation sites (tertiary alicyclic amines) is 1. The summed E-state index contributed by atoms with van der Waals surface area (Å²) in [4.78, 5) is 10.1. The molecule has 0 saturated carbocycles. The van der Waals surface area contributed by atoms with E-state index < -0.39 is 0 Å². The van der Waals surface area contributed by atoms with Crippen LogP contribution >= 0.6 is 0 Å². The molecular formula is C21H32FN5. The minimum absolute atomic E-state index is 0.195. The third-order valence-electron chi connectivity index (χ3n) is 5.40. The molecule has 1 aliphatic rings.